The Bertz CT molecular complexity index is 116. The van der Waals surface area contributed by atoms with Crippen molar-refractivity contribution in [1.82, 2.24) is 4.57 Å². The predicted octanol–water partition coefficient (Wildman–Crippen LogP) is 2.36. The molecular formula is C7H16ClNSi. The Balaban J connectivity index is 4.08. The first-order valence-corrected chi connectivity index (χ1v) is 6.81. The zero-order chi connectivity index (χ0) is 8.20. The van der Waals surface area contributed by atoms with Gasteiger partial charge in [0.1, 0.15) is 0 Å². The number of hydrogen-bond acceptors (Lipinski definition) is 1. The van der Waals surface area contributed by atoms with Crippen LogP contribution in [0.25, 0.3) is 0 Å². The molecule has 0 aliphatic heterocycles. The van der Waals surface area contributed by atoms with Gasteiger partial charge in [0.05, 0.1) is 0 Å². The maximum Gasteiger partial charge on any atom is 0.252 e. The van der Waals surface area contributed by atoms with Crippen LogP contribution >= 0.6 is 11.1 Å². The molecule has 0 fully saturated rings. The maximum atomic E-state index is 6.31. The fraction of sp³-hybridized carbons (Fsp3) is 0.714. The third-order valence-corrected chi connectivity index (χ3v) is 7.01. The molecule has 0 aromatic rings. The Morgan fingerprint density at radius 2 is 2.10 bits per heavy atom. The van der Waals surface area contributed by atoms with Crippen LogP contribution in [0.4, 0.5) is 0 Å². The molecule has 0 bridgehead atoms. The van der Waals surface area contributed by atoms with Crippen LogP contribution in [-0.4, -0.2) is 26.2 Å². The normalized spacial score (nSPS) is 16.9. The van der Waals surface area contributed by atoms with E-state index < -0.39 is 7.55 Å². The molecule has 0 spiro atoms. The third-order valence-electron chi connectivity index (χ3n) is 1.66. The van der Waals surface area contributed by atoms with E-state index >= 15 is 0 Å². The number of hydrogen-bond donors (Lipinski definition) is 0. The van der Waals surface area contributed by atoms with E-state index in [0.29, 0.717) is 0 Å². The first kappa shape index (κ1) is 10.2. The van der Waals surface area contributed by atoms with Crippen LogP contribution in [0.5, 0.6) is 0 Å². The zero-order valence-electron chi connectivity index (χ0n) is 7.02. The standard InChI is InChI=1S/C7H16ClNSi/c1-5-7-10(8,6-2)9(3)4/h6H,2,5,7H2,1,3-4H3. The zero-order valence-corrected chi connectivity index (χ0v) is 8.78. The van der Waals surface area contributed by atoms with Crippen molar-refractivity contribution in [3.05, 3.63) is 12.3 Å². The largest absolute Gasteiger partial charge is 0.314 e. The molecule has 0 radical (unpaired) electrons. The lowest BCUT2D eigenvalue weighted by Crippen LogP contribution is -2.42. The summed E-state index contributed by atoms with van der Waals surface area (Å²) in [6.07, 6.45) is 1.14. The minimum absolute atomic E-state index is 1.09. The number of halogens is 1. The first-order chi connectivity index (χ1) is 4.56. The predicted molar refractivity (Wildman–Crippen MR) is 50.6 cm³/mol. The van der Waals surface area contributed by atoms with Gasteiger partial charge in [-0.25, -0.2) is 0 Å². The van der Waals surface area contributed by atoms with Crippen molar-refractivity contribution in [3.8, 4) is 0 Å². The number of rotatable bonds is 4. The van der Waals surface area contributed by atoms with Crippen molar-refractivity contribution >= 4 is 18.6 Å². The van der Waals surface area contributed by atoms with Gasteiger partial charge >= 0.3 is 0 Å². The average Bonchev–Trinajstić information content (AvgIpc) is 1.88. The van der Waals surface area contributed by atoms with E-state index in [2.05, 4.69) is 18.1 Å². The smallest absolute Gasteiger partial charge is 0.252 e. The van der Waals surface area contributed by atoms with Crippen LogP contribution in [0.1, 0.15) is 13.3 Å². The molecule has 0 saturated heterocycles. The molecule has 0 heterocycles. The van der Waals surface area contributed by atoms with Gasteiger partial charge in [0.2, 0.25) is 0 Å². The lowest BCUT2D eigenvalue weighted by Gasteiger charge is -2.27. The molecule has 0 N–H and O–H groups in total. The highest BCUT2D eigenvalue weighted by molar-refractivity contribution is 7.21. The van der Waals surface area contributed by atoms with Crippen molar-refractivity contribution in [2.45, 2.75) is 19.4 Å². The lowest BCUT2D eigenvalue weighted by molar-refractivity contribution is 0.633. The highest BCUT2D eigenvalue weighted by atomic mass is 35.6. The molecule has 3 heteroatoms. The summed E-state index contributed by atoms with van der Waals surface area (Å²) in [6.45, 7) is 5.91. The Kier molecular flexibility index (Phi) is 4.25. The van der Waals surface area contributed by atoms with Gasteiger partial charge in [0.15, 0.2) is 0 Å². The van der Waals surface area contributed by atoms with Crippen molar-refractivity contribution in [1.29, 1.82) is 0 Å². The molecule has 0 aromatic heterocycles. The van der Waals surface area contributed by atoms with E-state index in [1.165, 1.54) is 0 Å². The molecular weight excluding hydrogens is 162 g/mol. The monoisotopic (exact) mass is 177 g/mol. The van der Waals surface area contributed by atoms with Gasteiger partial charge < -0.3 is 4.57 Å². The van der Waals surface area contributed by atoms with E-state index in [1.54, 1.807) is 0 Å². The number of nitrogens with zero attached hydrogens (tertiary/aromatic N) is 1. The van der Waals surface area contributed by atoms with Crippen LogP contribution in [0.3, 0.4) is 0 Å². The molecule has 1 unspecified atom stereocenters. The van der Waals surface area contributed by atoms with Gasteiger partial charge in [-0.05, 0) is 20.1 Å². The molecule has 1 nitrogen and oxygen atoms in total. The minimum Gasteiger partial charge on any atom is -0.314 e. The maximum absolute atomic E-state index is 6.31. The first-order valence-electron chi connectivity index (χ1n) is 3.56. The van der Waals surface area contributed by atoms with Crippen LogP contribution in [0, 0.1) is 0 Å². The van der Waals surface area contributed by atoms with Crippen molar-refractivity contribution in [2.75, 3.05) is 14.1 Å². The summed E-state index contributed by atoms with van der Waals surface area (Å²) in [5, 5.41) is 0. The highest BCUT2D eigenvalue weighted by Gasteiger charge is 2.28. The summed E-state index contributed by atoms with van der Waals surface area (Å²) in [5.74, 6) is 0. The van der Waals surface area contributed by atoms with Crippen molar-refractivity contribution in [2.24, 2.45) is 0 Å². The topological polar surface area (TPSA) is 3.24 Å². The lowest BCUT2D eigenvalue weighted by atomic mass is 10.6. The van der Waals surface area contributed by atoms with Gasteiger partial charge in [0, 0.05) is 0 Å². The highest BCUT2D eigenvalue weighted by Crippen LogP contribution is 2.20. The molecule has 10 heavy (non-hydrogen) atoms. The van der Waals surface area contributed by atoms with Gasteiger partial charge in [-0.3, -0.25) is 0 Å². The summed E-state index contributed by atoms with van der Waals surface area (Å²) in [5.41, 5.74) is 1.93. The van der Waals surface area contributed by atoms with E-state index in [-0.39, 0.29) is 0 Å². The Labute approximate surface area is 69.5 Å². The summed E-state index contributed by atoms with van der Waals surface area (Å²) >= 11 is 6.31. The van der Waals surface area contributed by atoms with Crippen LogP contribution in [-0.2, 0) is 0 Å². The van der Waals surface area contributed by atoms with E-state index in [9.17, 15) is 0 Å². The molecule has 60 valence electrons. The Morgan fingerprint density at radius 1 is 1.60 bits per heavy atom. The van der Waals surface area contributed by atoms with E-state index in [1.807, 2.05) is 19.8 Å². The molecule has 0 aliphatic rings. The van der Waals surface area contributed by atoms with Crippen LogP contribution < -0.4 is 0 Å². The summed E-state index contributed by atoms with van der Waals surface area (Å²) < 4.78 is 2.12. The average molecular weight is 178 g/mol. The van der Waals surface area contributed by atoms with Gasteiger partial charge in [-0.1, -0.05) is 19.0 Å². The van der Waals surface area contributed by atoms with Crippen molar-refractivity contribution in [3.63, 3.8) is 0 Å². The second kappa shape index (κ2) is 4.16. The summed E-state index contributed by atoms with van der Waals surface area (Å²) in [7, 11) is 2.32. The van der Waals surface area contributed by atoms with E-state index in [0.717, 1.165) is 12.5 Å². The van der Waals surface area contributed by atoms with Gasteiger partial charge in [-0.15, -0.1) is 17.7 Å². The molecule has 0 saturated carbocycles. The molecule has 1 atom stereocenters. The Hall–Kier alpha value is 0.207. The molecule has 0 aromatic carbocycles. The SMILES string of the molecule is C=C[Si](Cl)(CCC)N(C)C. The molecule has 0 aliphatic carbocycles. The second-order valence-corrected chi connectivity index (χ2v) is 8.07. The molecule has 0 amide bonds. The van der Waals surface area contributed by atoms with Gasteiger partial charge in [0.25, 0.3) is 7.55 Å². The second-order valence-electron chi connectivity index (χ2n) is 2.67. The van der Waals surface area contributed by atoms with Crippen LogP contribution in [0.15, 0.2) is 12.3 Å². The van der Waals surface area contributed by atoms with Crippen molar-refractivity contribution < 1.29 is 0 Å². The Morgan fingerprint density at radius 3 is 2.20 bits per heavy atom. The van der Waals surface area contributed by atoms with Gasteiger partial charge in [-0.2, -0.15) is 0 Å². The fourth-order valence-corrected chi connectivity index (χ4v) is 3.14. The summed E-state index contributed by atoms with van der Waals surface area (Å²) in [4.78, 5) is 0. The molecule has 0 rings (SSSR count). The quantitative estimate of drug-likeness (QED) is 0.471. The van der Waals surface area contributed by atoms with Crippen LogP contribution in [0.2, 0.25) is 6.04 Å². The fourth-order valence-electron chi connectivity index (χ4n) is 0.859. The van der Waals surface area contributed by atoms with E-state index in [4.69, 9.17) is 11.1 Å². The summed E-state index contributed by atoms with van der Waals surface area (Å²) in [6, 6.07) is 1.09. The minimum atomic E-state index is -1.73. The third kappa shape index (κ3) is 2.44.